The van der Waals surface area contributed by atoms with Crippen LogP contribution in [0.4, 0.5) is 0 Å². The predicted molar refractivity (Wildman–Crippen MR) is 73.1 cm³/mol. The molecule has 1 aromatic rings. The van der Waals surface area contributed by atoms with Gasteiger partial charge >= 0.3 is 5.97 Å². The van der Waals surface area contributed by atoms with Crippen molar-refractivity contribution < 1.29 is 19.4 Å². The first-order valence-electron chi connectivity index (χ1n) is 5.88. The third-order valence-corrected chi connectivity index (χ3v) is 4.29. The second kappa shape index (κ2) is 6.30. The highest BCUT2D eigenvalue weighted by Gasteiger charge is 2.37. The number of fused-ring (bicyclic) bond motifs is 1. The minimum Gasteiger partial charge on any atom is -0.481 e. The fourth-order valence-corrected chi connectivity index (χ4v) is 3.01. The van der Waals surface area contributed by atoms with Crippen molar-refractivity contribution >= 4 is 35.1 Å². The number of alkyl halides is 1. The molecule has 0 radical (unpaired) electrons. The number of Topliss-reactive ketones (excluding diaryl/α,β-unsaturated/α-hetero) is 1. The van der Waals surface area contributed by atoms with Crippen molar-refractivity contribution in [3.8, 4) is 5.75 Å². The first kappa shape index (κ1) is 14.2. The summed E-state index contributed by atoms with van der Waals surface area (Å²) in [5.74, 6) is -0.561. The number of carboxylic acids is 1. The summed E-state index contributed by atoms with van der Waals surface area (Å²) in [5, 5.41) is 8.06. The second-order valence-electron chi connectivity index (χ2n) is 4.12. The molecule has 0 saturated heterocycles. The lowest BCUT2D eigenvalue weighted by Gasteiger charge is -2.16. The van der Waals surface area contributed by atoms with Crippen molar-refractivity contribution in [3.05, 3.63) is 24.3 Å². The van der Waals surface area contributed by atoms with Crippen molar-refractivity contribution in [2.75, 3.05) is 5.88 Å². The quantitative estimate of drug-likeness (QED) is 0.684. The maximum Gasteiger partial charge on any atom is 0.324 e. The van der Waals surface area contributed by atoms with Crippen LogP contribution in [-0.4, -0.2) is 34.1 Å². The third-order valence-electron chi connectivity index (χ3n) is 2.76. The zero-order valence-corrected chi connectivity index (χ0v) is 11.6. The van der Waals surface area contributed by atoms with Crippen molar-refractivity contribution in [1.29, 1.82) is 0 Å². The van der Waals surface area contributed by atoms with E-state index < -0.39 is 23.1 Å². The minimum absolute atomic E-state index is 0.404. The van der Waals surface area contributed by atoms with E-state index in [-0.39, 0.29) is 0 Å². The van der Waals surface area contributed by atoms with Crippen molar-refractivity contribution in [2.45, 2.75) is 29.1 Å². The molecule has 1 aliphatic heterocycles. The van der Waals surface area contributed by atoms with Crippen molar-refractivity contribution in [3.63, 3.8) is 0 Å². The van der Waals surface area contributed by atoms with Crippen LogP contribution >= 0.6 is 23.4 Å². The van der Waals surface area contributed by atoms with Crippen LogP contribution in [0.1, 0.15) is 12.8 Å². The van der Waals surface area contributed by atoms with Crippen LogP contribution in [0.3, 0.4) is 0 Å². The molecule has 2 rings (SSSR count). The maximum atomic E-state index is 12.2. The van der Waals surface area contributed by atoms with Gasteiger partial charge < -0.3 is 9.84 Å². The number of rotatable bonds is 4. The van der Waals surface area contributed by atoms with E-state index in [1.807, 2.05) is 0 Å². The first-order valence-corrected chi connectivity index (χ1v) is 7.29. The maximum absolute atomic E-state index is 12.2. The van der Waals surface area contributed by atoms with Gasteiger partial charge in [0.1, 0.15) is 5.75 Å². The molecule has 0 bridgehead atoms. The Bertz CT molecular complexity index is 491. The highest BCUT2D eigenvalue weighted by atomic mass is 35.5. The minimum atomic E-state index is -1.13. The molecule has 0 aromatic heterocycles. The van der Waals surface area contributed by atoms with E-state index in [4.69, 9.17) is 16.3 Å². The lowest BCUT2D eigenvalue weighted by molar-refractivity contribution is -0.141. The fourth-order valence-electron chi connectivity index (χ4n) is 1.85. The van der Waals surface area contributed by atoms with Gasteiger partial charge in [0.15, 0.2) is 17.1 Å². The molecule has 0 spiro atoms. The highest BCUT2D eigenvalue weighted by Crippen LogP contribution is 2.37. The largest absolute Gasteiger partial charge is 0.481 e. The Balaban J connectivity index is 2.31. The molecule has 1 aromatic carbocycles. The summed E-state index contributed by atoms with van der Waals surface area (Å²) in [6.07, 6.45) is 0.300. The Labute approximate surface area is 120 Å². The monoisotopic (exact) mass is 300 g/mol. The Hall–Kier alpha value is -1.20. The summed E-state index contributed by atoms with van der Waals surface area (Å²) in [6.45, 7) is 0. The normalized spacial score (nSPS) is 22.3. The summed E-state index contributed by atoms with van der Waals surface area (Å²) in [4.78, 5) is 24.1. The molecule has 2 unspecified atom stereocenters. The lowest BCUT2D eigenvalue weighted by Crippen LogP contribution is -2.37. The van der Waals surface area contributed by atoms with Gasteiger partial charge in [-0.1, -0.05) is 23.9 Å². The Morgan fingerprint density at radius 2 is 2.16 bits per heavy atom. The number of carbonyl (C=O) groups is 2. The smallest absolute Gasteiger partial charge is 0.324 e. The number of carboxylic acid groups (broad SMARTS) is 1. The lowest BCUT2D eigenvalue weighted by atomic mass is 10.1. The molecule has 4 nitrogen and oxygen atoms in total. The van der Waals surface area contributed by atoms with Crippen LogP contribution in [0.5, 0.6) is 5.75 Å². The third kappa shape index (κ3) is 3.22. The van der Waals surface area contributed by atoms with Gasteiger partial charge in [-0.15, -0.1) is 11.6 Å². The molecule has 1 aliphatic rings. The van der Waals surface area contributed by atoms with E-state index in [9.17, 15) is 14.7 Å². The second-order valence-corrected chi connectivity index (χ2v) is 5.65. The molecular formula is C13H13ClO4S. The molecule has 0 amide bonds. The molecule has 0 fully saturated rings. The zero-order valence-electron chi connectivity index (χ0n) is 10.0. The van der Waals surface area contributed by atoms with Crippen molar-refractivity contribution in [2.24, 2.45) is 0 Å². The van der Waals surface area contributed by atoms with Crippen LogP contribution in [0.2, 0.25) is 0 Å². The molecule has 102 valence electrons. The average Bonchev–Trinajstić information content (AvgIpc) is 2.54. The summed E-state index contributed by atoms with van der Waals surface area (Å²) in [7, 11) is 0. The molecule has 19 heavy (non-hydrogen) atoms. The molecule has 6 heteroatoms. The number of aliphatic carboxylic acids is 1. The molecule has 1 N–H and O–H groups in total. The van der Waals surface area contributed by atoms with Gasteiger partial charge in [-0.05, 0) is 25.0 Å². The van der Waals surface area contributed by atoms with Crippen LogP contribution in [-0.2, 0) is 9.59 Å². The topological polar surface area (TPSA) is 63.6 Å². The van der Waals surface area contributed by atoms with Gasteiger partial charge in [0.05, 0.1) is 4.90 Å². The first-order chi connectivity index (χ1) is 9.13. The summed E-state index contributed by atoms with van der Waals surface area (Å²) in [5.41, 5.74) is 0. The van der Waals surface area contributed by atoms with Gasteiger partial charge in [-0.3, -0.25) is 9.59 Å². The number of para-hydroxylation sites is 1. The molecule has 0 aliphatic carbocycles. The van der Waals surface area contributed by atoms with E-state index in [2.05, 4.69) is 0 Å². The number of benzene rings is 1. The van der Waals surface area contributed by atoms with Crippen molar-refractivity contribution in [1.82, 2.24) is 0 Å². The standard InChI is InChI=1S/C13H13ClO4S/c14-7-3-5-9-11(15)12(13(16)17)19-10-6-2-1-4-8(10)18-9/h1-2,4,6,9,12H,3,5,7H2,(H,16,17). The predicted octanol–water partition coefficient (Wildman–Crippen LogP) is 2.58. The SMILES string of the molecule is O=C(O)C1Sc2ccccc2OC(CCCCl)C1=O. The Kier molecular flexibility index (Phi) is 4.71. The molecule has 0 saturated carbocycles. The van der Waals surface area contributed by atoms with E-state index in [1.165, 1.54) is 0 Å². The highest BCUT2D eigenvalue weighted by molar-refractivity contribution is 8.01. The fraction of sp³-hybridized carbons (Fsp3) is 0.385. The zero-order chi connectivity index (χ0) is 13.8. The van der Waals surface area contributed by atoms with E-state index in [0.717, 1.165) is 11.8 Å². The number of ketones is 1. The average molecular weight is 301 g/mol. The van der Waals surface area contributed by atoms with Gasteiger partial charge in [0, 0.05) is 5.88 Å². The number of hydrogen-bond acceptors (Lipinski definition) is 4. The summed E-state index contributed by atoms with van der Waals surface area (Å²) >= 11 is 6.64. The number of halogens is 1. The molecular weight excluding hydrogens is 288 g/mol. The van der Waals surface area contributed by atoms with E-state index >= 15 is 0 Å². The van der Waals surface area contributed by atoms with Crippen LogP contribution < -0.4 is 4.74 Å². The molecule has 2 atom stereocenters. The number of thioether (sulfide) groups is 1. The van der Waals surface area contributed by atoms with Crippen LogP contribution in [0, 0.1) is 0 Å². The van der Waals surface area contributed by atoms with Gasteiger partial charge in [0.25, 0.3) is 0 Å². The summed E-state index contributed by atoms with van der Waals surface area (Å²) < 4.78 is 5.66. The summed E-state index contributed by atoms with van der Waals surface area (Å²) in [6, 6.07) is 7.09. The van der Waals surface area contributed by atoms with Crippen LogP contribution in [0.25, 0.3) is 0 Å². The Morgan fingerprint density at radius 3 is 2.84 bits per heavy atom. The van der Waals surface area contributed by atoms with Crippen LogP contribution in [0.15, 0.2) is 29.2 Å². The number of hydrogen-bond donors (Lipinski definition) is 1. The van der Waals surface area contributed by atoms with E-state index in [1.54, 1.807) is 24.3 Å². The van der Waals surface area contributed by atoms with Gasteiger partial charge in [-0.25, -0.2) is 0 Å². The number of ether oxygens (including phenoxy) is 1. The molecule has 1 heterocycles. The van der Waals surface area contributed by atoms with Gasteiger partial charge in [-0.2, -0.15) is 0 Å². The van der Waals surface area contributed by atoms with E-state index in [0.29, 0.717) is 29.4 Å². The van der Waals surface area contributed by atoms with Gasteiger partial charge in [0.2, 0.25) is 0 Å². The number of carbonyl (C=O) groups excluding carboxylic acids is 1. The Morgan fingerprint density at radius 1 is 1.42 bits per heavy atom.